The number of thioether (sulfide) groups is 1. The van der Waals surface area contributed by atoms with E-state index in [0.29, 0.717) is 27.3 Å². The van der Waals surface area contributed by atoms with Crippen LogP contribution in [0, 0.1) is 11.3 Å². The van der Waals surface area contributed by atoms with Crippen LogP contribution in [0.4, 0.5) is 5.69 Å². The Bertz CT molecular complexity index is 1030. The number of nitriles is 1. The fourth-order valence-electron chi connectivity index (χ4n) is 2.43. The van der Waals surface area contributed by atoms with E-state index in [1.54, 1.807) is 41.8 Å². The number of nitrogens with zero attached hydrogens (tertiary/aromatic N) is 4. The van der Waals surface area contributed by atoms with Gasteiger partial charge in [0.1, 0.15) is 6.07 Å². The molecule has 0 saturated heterocycles. The van der Waals surface area contributed by atoms with Gasteiger partial charge in [-0.25, -0.2) is 0 Å². The maximum atomic E-state index is 12.5. The average molecular weight is 398 g/mol. The van der Waals surface area contributed by atoms with E-state index in [1.165, 1.54) is 11.8 Å². The number of rotatable bonds is 5. The molecule has 0 bridgehead atoms. The van der Waals surface area contributed by atoms with Crippen molar-refractivity contribution in [1.29, 1.82) is 5.26 Å². The first kappa shape index (κ1) is 19.0. The number of halogens is 1. The molecule has 0 radical (unpaired) electrons. The molecule has 3 rings (SSSR count). The summed E-state index contributed by atoms with van der Waals surface area (Å²) < 4.78 is 1.80. The van der Waals surface area contributed by atoms with Gasteiger partial charge in [-0.05, 0) is 31.2 Å². The first-order valence-electron chi connectivity index (χ1n) is 8.12. The first-order chi connectivity index (χ1) is 13.0. The molecule has 1 atom stereocenters. The van der Waals surface area contributed by atoms with Gasteiger partial charge in [-0.15, -0.1) is 10.2 Å². The van der Waals surface area contributed by atoms with E-state index < -0.39 is 5.25 Å². The first-order valence-corrected chi connectivity index (χ1v) is 9.38. The summed E-state index contributed by atoms with van der Waals surface area (Å²) in [6.07, 6.45) is 0. The summed E-state index contributed by atoms with van der Waals surface area (Å²) in [4.78, 5) is 12.5. The lowest BCUT2D eigenvalue weighted by Crippen LogP contribution is -2.23. The Hall–Kier alpha value is -2.82. The maximum absolute atomic E-state index is 12.5. The monoisotopic (exact) mass is 397 g/mol. The normalized spacial score (nSPS) is 11.6. The van der Waals surface area contributed by atoms with Crippen molar-refractivity contribution in [1.82, 2.24) is 14.8 Å². The zero-order valence-electron chi connectivity index (χ0n) is 14.7. The lowest BCUT2D eigenvalue weighted by Gasteiger charge is -2.12. The third-order valence-corrected chi connectivity index (χ3v) is 5.37. The molecule has 0 saturated carbocycles. The molecule has 27 heavy (non-hydrogen) atoms. The molecule has 136 valence electrons. The predicted octanol–water partition coefficient (Wildman–Crippen LogP) is 4.13. The molecule has 2 aromatic carbocycles. The highest BCUT2D eigenvalue weighted by Crippen LogP contribution is 2.30. The second-order valence-electron chi connectivity index (χ2n) is 5.75. The molecule has 0 spiro atoms. The van der Waals surface area contributed by atoms with Gasteiger partial charge in [-0.1, -0.05) is 47.6 Å². The van der Waals surface area contributed by atoms with Gasteiger partial charge in [0.25, 0.3) is 0 Å². The van der Waals surface area contributed by atoms with E-state index >= 15 is 0 Å². The van der Waals surface area contributed by atoms with E-state index in [9.17, 15) is 4.79 Å². The number of nitrogens with one attached hydrogen (secondary N) is 1. The minimum absolute atomic E-state index is 0.218. The molecule has 1 N–H and O–H groups in total. The number of aromatic nitrogens is 3. The quantitative estimate of drug-likeness (QED) is 0.654. The standard InChI is InChI=1S/C19H16ClN5OS/c1-12(18(26)22-16-10-6-3-7-13(16)11-21)27-19-24-23-17(25(19)2)14-8-4-5-9-15(14)20/h3-10,12H,1-2H3,(H,22,26)/t12-/m1/s1. The Morgan fingerprint density at radius 1 is 1.22 bits per heavy atom. The largest absolute Gasteiger partial charge is 0.324 e. The summed E-state index contributed by atoms with van der Waals surface area (Å²) in [6, 6.07) is 16.3. The van der Waals surface area contributed by atoms with Crippen molar-refractivity contribution >= 4 is 35.0 Å². The van der Waals surface area contributed by atoms with Crippen molar-refractivity contribution in [2.24, 2.45) is 7.05 Å². The topological polar surface area (TPSA) is 83.6 Å². The number of carbonyl (C=O) groups is 1. The summed E-state index contributed by atoms with van der Waals surface area (Å²) in [6.45, 7) is 1.78. The Balaban J connectivity index is 1.75. The van der Waals surface area contributed by atoms with Crippen molar-refractivity contribution < 1.29 is 4.79 Å². The average Bonchev–Trinajstić information content (AvgIpc) is 3.03. The molecule has 3 aromatic rings. The number of hydrogen-bond donors (Lipinski definition) is 1. The molecule has 0 aliphatic rings. The summed E-state index contributed by atoms with van der Waals surface area (Å²) in [5.41, 5.74) is 1.69. The summed E-state index contributed by atoms with van der Waals surface area (Å²) in [5.74, 6) is 0.413. The van der Waals surface area contributed by atoms with E-state index in [-0.39, 0.29) is 5.91 Å². The number of hydrogen-bond acceptors (Lipinski definition) is 5. The maximum Gasteiger partial charge on any atom is 0.237 e. The van der Waals surface area contributed by atoms with Gasteiger partial charge < -0.3 is 9.88 Å². The molecule has 0 aliphatic carbocycles. The summed E-state index contributed by atoms with van der Waals surface area (Å²) >= 11 is 7.52. The van der Waals surface area contributed by atoms with E-state index in [1.807, 2.05) is 25.2 Å². The molecule has 0 unspecified atom stereocenters. The van der Waals surface area contributed by atoms with Crippen molar-refractivity contribution in [2.75, 3.05) is 5.32 Å². The molecule has 8 heteroatoms. The third kappa shape index (κ3) is 4.13. The van der Waals surface area contributed by atoms with Crippen LogP contribution in [0.5, 0.6) is 0 Å². The lowest BCUT2D eigenvalue weighted by atomic mass is 10.2. The van der Waals surface area contributed by atoms with Crippen molar-refractivity contribution in [3.63, 3.8) is 0 Å². The Morgan fingerprint density at radius 3 is 2.67 bits per heavy atom. The lowest BCUT2D eigenvalue weighted by molar-refractivity contribution is -0.115. The Labute approximate surface area is 166 Å². The van der Waals surface area contributed by atoms with Gasteiger partial charge >= 0.3 is 0 Å². The predicted molar refractivity (Wildman–Crippen MR) is 107 cm³/mol. The third-order valence-electron chi connectivity index (χ3n) is 3.91. The SMILES string of the molecule is C[C@@H](Sc1nnc(-c2ccccc2Cl)n1C)C(=O)Nc1ccccc1C#N. The van der Waals surface area contributed by atoms with E-state index in [0.717, 1.165) is 5.56 Å². The molecule has 1 aromatic heterocycles. The minimum Gasteiger partial charge on any atom is -0.324 e. The van der Waals surface area contributed by atoms with Gasteiger partial charge in [0, 0.05) is 12.6 Å². The van der Waals surface area contributed by atoms with Crippen LogP contribution >= 0.6 is 23.4 Å². The molecule has 1 heterocycles. The van der Waals surface area contributed by atoms with Gasteiger partial charge in [-0.3, -0.25) is 4.79 Å². The molecular formula is C19H16ClN5OS. The number of para-hydroxylation sites is 1. The second kappa shape index (κ2) is 8.25. The fourth-order valence-corrected chi connectivity index (χ4v) is 3.47. The molecule has 0 aliphatic heterocycles. The summed E-state index contributed by atoms with van der Waals surface area (Å²) in [5, 5.41) is 21.1. The zero-order chi connectivity index (χ0) is 19.4. The van der Waals surface area contributed by atoms with Crippen LogP contribution in [0.2, 0.25) is 5.02 Å². The highest BCUT2D eigenvalue weighted by molar-refractivity contribution is 8.00. The number of carbonyl (C=O) groups excluding carboxylic acids is 1. The van der Waals surface area contributed by atoms with Gasteiger partial charge in [-0.2, -0.15) is 5.26 Å². The van der Waals surface area contributed by atoms with Gasteiger partial charge in [0.05, 0.1) is 21.5 Å². The molecule has 0 fully saturated rings. The summed E-state index contributed by atoms with van der Waals surface area (Å²) in [7, 11) is 1.83. The van der Waals surface area contributed by atoms with Crippen LogP contribution in [0.25, 0.3) is 11.4 Å². The minimum atomic E-state index is -0.432. The molecular weight excluding hydrogens is 382 g/mol. The number of amides is 1. The zero-order valence-corrected chi connectivity index (χ0v) is 16.3. The van der Waals surface area contributed by atoms with Gasteiger partial charge in [0.15, 0.2) is 11.0 Å². The van der Waals surface area contributed by atoms with Crippen LogP contribution in [0.1, 0.15) is 12.5 Å². The highest BCUT2D eigenvalue weighted by Gasteiger charge is 2.20. The van der Waals surface area contributed by atoms with E-state index in [4.69, 9.17) is 16.9 Å². The van der Waals surface area contributed by atoms with Crippen molar-refractivity contribution in [3.05, 3.63) is 59.1 Å². The van der Waals surface area contributed by atoms with Crippen LogP contribution in [-0.2, 0) is 11.8 Å². The van der Waals surface area contributed by atoms with Crippen molar-refractivity contribution in [3.8, 4) is 17.5 Å². The highest BCUT2D eigenvalue weighted by atomic mass is 35.5. The van der Waals surface area contributed by atoms with Crippen LogP contribution in [0.3, 0.4) is 0 Å². The number of benzene rings is 2. The van der Waals surface area contributed by atoms with Crippen LogP contribution in [-0.4, -0.2) is 25.9 Å². The van der Waals surface area contributed by atoms with Crippen LogP contribution < -0.4 is 5.32 Å². The Morgan fingerprint density at radius 2 is 1.93 bits per heavy atom. The molecule has 1 amide bonds. The smallest absolute Gasteiger partial charge is 0.237 e. The fraction of sp³-hybridized carbons (Fsp3) is 0.158. The Kier molecular flexibility index (Phi) is 5.79. The van der Waals surface area contributed by atoms with Crippen LogP contribution in [0.15, 0.2) is 53.7 Å². The van der Waals surface area contributed by atoms with Gasteiger partial charge in [0.2, 0.25) is 5.91 Å². The van der Waals surface area contributed by atoms with Crippen molar-refractivity contribution in [2.45, 2.75) is 17.3 Å². The molecule has 6 nitrogen and oxygen atoms in total. The second-order valence-corrected chi connectivity index (χ2v) is 7.47. The van der Waals surface area contributed by atoms with E-state index in [2.05, 4.69) is 21.6 Å². The number of anilines is 1.